The highest BCUT2D eigenvalue weighted by Crippen LogP contribution is 2.18. The first-order valence-corrected chi connectivity index (χ1v) is 9.19. The molecule has 1 atom stereocenters. The standard InChI is InChI=1S/C18H28N2O4S/c1-8-23-16(21)13-11-25-15(19-13)10-9-14(12(2)3)20(7)17(22)24-18(4,5)6/h9-12,14H,8H2,1-7H3/b10-9+/t14-/m1/s1. The molecule has 0 N–H and O–H groups in total. The minimum atomic E-state index is -0.541. The molecule has 0 aliphatic rings. The van der Waals surface area contributed by atoms with Gasteiger partial charge in [0.25, 0.3) is 0 Å². The molecule has 0 aliphatic carbocycles. The van der Waals surface area contributed by atoms with Gasteiger partial charge in [0.15, 0.2) is 5.69 Å². The minimum absolute atomic E-state index is 0.148. The quantitative estimate of drug-likeness (QED) is 0.703. The third-order valence-electron chi connectivity index (χ3n) is 3.25. The second kappa shape index (κ2) is 8.99. The van der Waals surface area contributed by atoms with Gasteiger partial charge < -0.3 is 14.4 Å². The van der Waals surface area contributed by atoms with Gasteiger partial charge in [-0.1, -0.05) is 19.9 Å². The summed E-state index contributed by atoms with van der Waals surface area (Å²) < 4.78 is 10.4. The lowest BCUT2D eigenvalue weighted by Crippen LogP contribution is -2.42. The Hall–Kier alpha value is -1.89. The van der Waals surface area contributed by atoms with Gasteiger partial charge >= 0.3 is 12.1 Å². The Kier molecular flexibility index (Phi) is 7.60. The van der Waals surface area contributed by atoms with Gasteiger partial charge in [-0.15, -0.1) is 11.3 Å². The molecule has 25 heavy (non-hydrogen) atoms. The number of hydrogen-bond donors (Lipinski definition) is 0. The maximum Gasteiger partial charge on any atom is 0.410 e. The van der Waals surface area contributed by atoms with Crippen molar-refractivity contribution in [3.63, 3.8) is 0 Å². The van der Waals surface area contributed by atoms with Crippen molar-refractivity contribution in [3.05, 3.63) is 22.2 Å². The first-order valence-electron chi connectivity index (χ1n) is 8.31. The summed E-state index contributed by atoms with van der Waals surface area (Å²) in [6, 6.07) is -0.148. The number of thiazole rings is 1. The lowest BCUT2D eigenvalue weighted by Gasteiger charge is -2.31. The highest BCUT2D eigenvalue weighted by atomic mass is 32.1. The van der Waals surface area contributed by atoms with Crippen LogP contribution in [0.3, 0.4) is 0 Å². The number of carbonyl (C=O) groups is 2. The lowest BCUT2D eigenvalue weighted by atomic mass is 10.0. The van der Waals surface area contributed by atoms with Crippen molar-refractivity contribution >= 4 is 29.5 Å². The molecule has 1 rings (SSSR count). The molecule has 0 aromatic carbocycles. The normalized spacial score (nSPS) is 13.1. The van der Waals surface area contributed by atoms with E-state index in [0.717, 1.165) is 0 Å². The maximum atomic E-state index is 12.3. The van der Waals surface area contributed by atoms with Crippen molar-refractivity contribution in [3.8, 4) is 0 Å². The van der Waals surface area contributed by atoms with Gasteiger partial charge in [-0.3, -0.25) is 0 Å². The Bertz CT molecular complexity index is 617. The molecular weight excluding hydrogens is 340 g/mol. The molecule has 0 spiro atoms. The van der Waals surface area contributed by atoms with Crippen LogP contribution in [0.2, 0.25) is 0 Å². The predicted molar refractivity (Wildman–Crippen MR) is 99.7 cm³/mol. The van der Waals surface area contributed by atoms with E-state index in [1.54, 1.807) is 24.3 Å². The molecule has 1 heterocycles. The molecule has 1 aromatic rings. The van der Waals surface area contributed by atoms with E-state index in [1.807, 2.05) is 46.8 Å². The number of carbonyl (C=O) groups excluding carboxylic acids is 2. The van der Waals surface area contributed by atoms with E-state index in [9.17, 15) is 9.59 Å². The number of hydrogen-bond acceptors (Lipinski definition) is 6. The Morgan fingerprint density at radius 1 is 1.36 bits per heavy atom. The zero-order valence-corrected chi connectivity index (χ0v) is 16.8. The largest absolute Gasteiger partial charge is 0.461 e. The summed E-state index contributed by atoms with van der Waals surface area (Å²) in [5.74, 6) is -0.233. The van der Waals surface area contributed by atoms with Gasteiger partial charge in [-0.05, 0) is 39.7 Å². The van der Waals surface area contributed by atoms with Crippen molar-refractivity contribution < 1.29 is 19.1 Å². The Morgan fingerprint density at radius 2 is 2.00 bits per heavy atom. The molecule has 0 saturated heterocycles. The zero-order valence-electron chi connectivity index (χ0n) is 16.0. The first kappa shape index (κ1) is 21.2. The van der Waals surface area contributed by atoms with Crippen LogP contribution in [-0.4, -0.2) is 47.2 Å². The second-order valence-corrected chi connectivity index (χ2v) is 7.87. The Balaban J connectivity index is 2.85. The van der Waals surface area contributed by atoms with Gasteiger partial charge in [0.2, 0.25) is 0 Å². The van der Waals surface area contributed by atoms with Crippen LogP contribution in [0.25, 0.3) is 6.08 Å². The van der Waals surface area contributed by atoms with Crippen molar-refractivity contribution in [2.24, 2.45) is 5.92 Å². The first-order chi connectivity index (χ1) is 11.5. The van der Waals surface area contributed by atoms with E-state index in [2.05, 4.69) is 4.98 Å². The molecular formula is C18H28N2O4S. The third kappa shape index (κ3) is 6.86. The summed E-state index contributed by atoms with van der Waals surface area (Å²) in [4.78, 5) is 29.8. The Labute approximate surface area is 153 Å². The van der Waals surface area contributed by atoms with Gasteiger partial charge in [-0.2, -0.15) is 0 Å². The minimum Gasteiger partial charge on any atom is -0.461 e. The fourth-order valence-electron chi connectivity index (χ4n) is 2.10. The van der Waals surface area contributed by atoms with Crippen LogP contribution in [-0.2, 0) is 9.47 Å². The molecule has 0 bridgehead atoms. The molecule has 0 unspecified atom stereocenters. The maximum absolute atomic E-state index is 12.3. The van der Waals surface area contributed by atoms with E-state index in [-0.39, 0.29) is 18.1 Å². The molecule has 1 aromatic heterocycles. The van der Waals surface area contributed by atoms with Crippen molar-refractivity contribution in [1.82, 2.24) is 9.88 Å². The second-order valence-electron chi connectivity index (χ2n) is 6.98. The molecule has 140 valence electrons. The van der Waals surface area contributed by atoms with E-state index >= 15 is 0 Å². The summed E-state index contributed by atoms with van der Waals surface area (Å²) in [7, 11) is 1.72. The summed E-state index contributed by atoms with van der Waals surface area (Å²) >= 11 is 1.35. The average molecular weight is 368 g/mol. The SMILES string of the molecule is CCOC(=O)c1csc(/C=C/[C@H](C(C)C)N(C)C(=O)OC(C)(C)C)n1. The summed E-state index contributed by atoms with van der Waals surface area (Å²) in [6.45, 7) is 11.6. The van der Waals surface area contributed by atoms with Crippen LogP contribution in [0.4, 0.5) is 4.79 Å². The number of aromatic nitrogens is 1. The lowest BCUT2D eigenvalue weighted by molar-refractivity contribution is 0.0224. The molecule has 7 heteroatoms. The topological polar surface area (TPSA) is 68.7 Å². The molecule has 0 aliphatic heterocycles. The van der Waals surface area contributed by atoms with Crippen LogP contribution in [0.5, 0.6) is 0 Å². The van der Waals surface area contributed by atoms with Crippen LogP contribution in [0, 0.1) is 5.92 Å². The Morgan fingerprint density at radius 3 is 2.52 bits per heavy atom. The van der Waals surface area contributed by atoms with Crippen molar-refractivity contribution in [1.29, 1.82) is 0 Å². The summed E-state index contributed by atoms with van der Waals surface area (Å²) in [5, 5.41) is 2.35. The summed E-state index contributed by atoms with van der Waals surface area (Å²) in [5.41, 5.74) is -0.242. The fourth-order valence-corrected chi connectivity index (χ4v) is 2.79. The van der Waals surface area contributed by atoms with Crippen LogP contribution in [0.15, 0.2) is 11.5 Å². The number of likely N-dealkylation sites (N-methyl/N-ethyl adjacent to an activating group) is 1. The van der Waals surface area contributed by atoms with Crippen molar-refractivity contribution in [2.75, 3.05) is 13.7 Å². The molecule has 0 saturated carbocycles. The van der Waals surface area contributed by atoms with Gasteiger partial charge in [-0.25, -0.2) is 14.6 Å². The average Bonchev–Trinajstić information content (AvgIpc) is 2.94. The monoisotopic (exact) mass is 368 g/mol. The summed E-state index contributed by atoms with van der Waals surface area (Å²) in [6.07, 6.45) is 3.35. The number of esters is 1. The molecule has 0 radical (unpaired) electrons. The smallest absolute Gasteiger partial charge is 0.410 e. The third-order valence-corrected chi connectivity index (χ3v) is 4.06. The fraction of sp³-hybridized carbons (Fsp3) is 0.611. The number of ether oxygens (including phenoxy) is 2. The van der Waals surface area contributed by atoms with Gasteiger partial charge in [0.1, 0.15) is 10.6 Å². The highest BCUT2D eigenvalue weighted by molar-refractivity contribution is 7.10. The van der Waals surface area contributed by atoms with Crippen LogP contribution in [0.1, 0.15) is 57.0 Å². The molecule has 0 fully saturated rings. The van der Waals surface area contributed by atoms with E-state index in [0.29, 0.717) is 17.3 Å². The van der Waals surface area contributed by atoms with E-state index in [4.69, 9.17) is 9.47 Å². The predicted octanol–water partition coefficient (Wildman–Crippen LogP) is 4.22. The molecule has 1 amide bonds. The number of rotatable bonds is 6. The van der Waals surface area contributed by atoms with E-state index in [1.165, 1.54) is 11.3 Å². The number of amides is 1. The van der Waals surface area contributed by atoms with Gasteiger partial charge in [0, 0.05) is 12.4 Å². The van der Waals surface area contributed by atoms with Gasteiger partial charge in [0.05, 0.1) is 12.6 Å². The van der Waals surface area contributed by atoms with Crippen molar-refractivity contribution in [2.45, 2.75) is 53.2 Å². The van der Waals surface area contributed by atoms with Crippen LogP contribution >= 0.6 is 11.3 Å². The van der Waals surface area contributed by atoms with Crippen LogP contribution < -0.4 is 0 Å². The van der Waals surface area contributed by atoms with E-state index < -0.39 is 11.6 Å². The zero-order chi connectivity index (χ0) is 19.2. The number of nitrogens with zero attached hydrogens (tertiary/aromatic N) is 2. The highest BCUT2D eigenvalue weighted by Gasteiger charge is 2.25. The molecule has 6 nitrogen and oxygen atoms in total.